The Kier molecular flexibility index (Phi) is 8.96. The van der Waals surface area contributed by atoms with Crippen molar-refractivity contribution in [1.29, 1.82) is 0 Å². The molecule has 0 unspecified atom stereocenters. The Labute approximate surface area is 104 Å². The second kappa shape index (κ2) is 9.78. The third kappa shape index (κ3) is 6.02. The molecule has 0 aliphatic carbocycles. The molecule has 0 heterocycles. The predicted molar refractivity (Wildman–Crippen MR) is 73.6 cm³/mol. The van der Waals surface area contributed by atoms with Crippen LogP contribution in [0.2, 0.25) is 0 Å². The van der Waals surface area contributed by atoms with Crippen molar-refractivity contribution < 1.29 is 0 Å². The smallest absolute Gasteiger partial charge is 0.103 e. The van der Waals surface area contributed by atoms with Crippen LogP contribution in [0.15, 0.2) is 40.9 Å². The highest BCUT2D eigenvalue weighted by Gasteiger charge is 2.02. The molecular weight excluding hydrogens is 214 g/mol. The first-order chi connectivity index (χ1) is 8.23. The van der Waals surface area contributed by atoms with E-state index in [1.54, 1.807) is 19.1 Å². The first kappa shape index (κ1) is 15.6. The van der Waals surface area contributed by atoms with Crippen molar-refractivity contribution in [3.8, 4) is 0 Å². The number of allylic oxidation sites excluding steroid dienone is 4. The van der Waals surface area contributed by atoms with E-state index in [-0.39, 0.29) is 0 Å². The second-order valence-electron chi connectivity index (χ2n) is 3.53. The molecule has 96 valence electrons. The van der Waals surface area contributed by atoms with Gasteiger partial charge >= 0.3 is 0 Å². The van der Waals surface area contributed by atoms with Gasteiger partial charge in [0.05, 0.1) is 0 Å². The van der Waals surface area contributed by atoms with Gasteiger partial charge in [-0.2, -0.15) is 0 Å². The third-order valence-electron chi connectivity index (χ3n) is 2.50. The number of hydrogen-bond donors (Lipinski definition) is 1. The Morgan fingerprint density at radius 3 is 2.41 bits per heavy atom. The van der Waals surface area contributed by atoms with Gasteiger partial charge in [-0.05, 0) is 45.1 Å². The fourth-order valence-corrected chi connectivity index (χ4v) is 1.45. The van der Waals surface area contributed by atoms with Crippen molar-refractivity contribution in [3.05, 3.63) is 40.6 Å². The van der Waals surface area contributed by atoms with Gasteiger partial charge < -0.3 is 10.2 Å². The van der Waals surface area contributed by atoms with E-state index in [1.165, 1.54) is 0 Å². The summed E-state index contributed by atoms with van der Waals surface area (Å²) < 4.78 is 0. The molecule has 0 rings (SSSR count). The van der Waals surface area contributed by atoms with Gasteiger partial charge in [0.25, 0.3) is 0 Å². The Hall–Kier alpha value is -1.42. The van der Waals surface area contributed by atoms with Gasteiger partial charge in [0, 0.05) is 25.3 Å². The van der Waals surface area contributed by atoms with Crippen LogP contribution >= 0.6 is 0 Å². The van der Waals surface area contributed by atoms with Crippen molar-refractivity contribution >= 4 is 0 Å². The van der Waals surface area contributed by atoms with E-state index in [4.69, 9.17) is 0 Å². The summed E-state index contributed by atoms with van der Waals surface area (Å²) in [6, 6.07) is 0. The number of hydrogen-bond acceptors (Lipinski definition) is 4. The zero-order valence-electron chi connectivity index (χ0n) is 11.2. The SMILES string of the molecule is C\C=C(/C=C\C(=C/C)N(CC)CCNC)N=O. The van der Waals surface area contributed by atoms with Crippen LogP contribution in [0, 0.1) is 4.91 Å². The normalized spacial score (nSPS) is 13.2. The highest BCUT2D eigenvalue weighted by Crippen LogP contribution is 2.08. The average Bonchev–Trinajstić information content (AvgIpc) is 2.37. The summed E-state index contributed by atoms with van der Waals surface area (Å²) in [6.07, 6.45) is 7.40. The van der Waals surface area contributed by atoms with Gasteiger partial charge in [-0.3, -0.25) is 0 Å². The molecule has 0 bridgehead atoms. The summed E-state index contributed by atoms with van der Waals surface area (Å²) in [7, 11) is 1.94. The lowest BCUT2D eigenvalue weighted by Crippen LogP contribution is -2.29. The van der Waals surface area contributed by atoms with E-state index in [0.717, 1.165) is 25.3 Å². The van der Waals surface area contributed by atoms with Crippen LogP contribution in [-0.4, -0.2) is 31.6 Å². The second-order valence-corrected chi connectivity index (χ2v) is 3.53. The first-order valence-corrected chi connectivity index (χ1v) is 5.97. The molecule has 0 spiro atoms. The maximum Gasteiger partial charge on any atom is 0.103 e. The van der Waals surface area contributed by atoms with E-state index in [9.17, 15) is 4.91 Å². The lowest BCUT2D eigenvalue weighted by Gasteiger charge is -2.23. The Balaban J connectivity index is 4.65. The molecule has 0 aromatic rings. The minimum Gasteiger partial charge on any atom is -0.371 e. The lowest BCUT2D eigenvalue weighted by atomic mass is 10.2. The minimum absolute atomic E-state index is 0.453. The van der Waals surface area contributed by atoms with Crippen molar-refractivity contribution in [2.24, 2.45) is 5.18 Å². The molecule has 0 fully saturated rings. The molecule has 0 atom stereocenters. The lowest BCUT2D eigenvalue weighted by molar-refractivity contribution is 0.373. The summed E-state index contributed by atoms with van der Waals surface area (Å²) in [5.41, 5.74) is 1.56. The van der Waals surface area contributed by atoms with Gasteiger partial charge in [-0.25, -0.2) is 0 Å². The van der Waals surface area contributed by atoms with E-state index < -0.39 is 0 Å². The van der Waals surface area contributed by atoms with E-state index in [2.05, 4.69) is 22.3 Å². The summed E-state index contributed by atoms with van der Waals surface area (Å²) >= 11 is 0. The maximum atomic E-state index is 10.4. The van der Waals surface area contributed by atoms with E-state index in [0.29, 0.717) is 5.70 Å². The van der Waals surface area contributed by atoms with Crippen LogP contribution < -0.4 is 5.32 Å². The Bertz CT molecular complexity index is 306. The van der Waals surface area contributed by atoms with Crippen LogP contribution in [0.1, 0.15) is 20.8 Å². The number of nitrogens with zero attached hydrogens (tertiary/aromatic N) is 2. The van der Waals surface area contributed by atoms with Crippen LogP contribution in [0.25, 0.3) is 0 Å². The van der Waals surface area contributed by atoms with Gasteiger partial charge in [0.15, 0.2) is 0 Å². The molecule has 4 heteroatoms. The largest absolute Gasteiger partial charge is 0.371 e. The van der Waals surface area contributed by atoms with E-state index >= 15 is 0 Å². The zero-order valence-corrected chi connectivity index (χ0v) is 11.2. The molecule has 0 aromatic carbocycles. The fraction of sp³-hybridized carbons (Fsp3) is 0.538. The molecule has 0 saturated carbocycles. The van der Waals surface area contributed by atoms with E-state index in [1.807, 2.05) is 26.1 Å². The molecule has 0 aliphatic rings. The molecule has 4 nitrogen and oxygen atoms in total. The summed E-state index contributed by atoms with van der Waals surface area (Å²) in [6.45, 7) is 8.71. The Morgan fingerprint density at radius 1 is 1.29 bits per heavy atom. The quantitative estimate of drug-likeness (QED) is 0.521. The van der Waals surface area contributed by atoms with Crippen LogP contribution in [-0.2, 0) is 0 Å². The van der Waals surface area contributed by atoms with Gasteiger partial charge in [0.1, 0.15) is 5.70 Å². The molecule has 0 aliphatic heterocycles. The van der Waals surface area contributed by atoms with Gasteiger partial charge in [0.2, 0.25) is 0 Å². The summed E-state index contributed by atoms with van der Waals surface area (Å²) in [5, 5.41) is 6.05. The number of nitrogens with one attached hydrogen (secondary N) is 1. The number of likely N-dealkylation sites (N-methyl/N-ethyl adjacent to an activating group) is 2. The van der Waals surface area contributed by atoms with Crippen LogP contribution in [0.4, 0.5) is 0 Å². The summed E-state index contributed by atoms with van der Waals surface area (Å²) in [5.74, 6) is 0. The third-order valence-corrected chi connectivity index (χ3v) is 2.50. The van der Waals surface area contributed by atoms with Crippen molar-refractivity contribution in [1.82, 2.24) is 10.2 Å². The number of rotatable bonds is 8. The Morgan fingerprint density at radius 2 is 2.00 bits per heavy atom. The molecule has 0 aromatic heterocycles. The molecule has 17 heavy (non-hydrogen) atoms. The molecule has 0 saturated heterocycles. The van der Waals surface area contributed by atoms with Crippen molar-refractivity contribution in [2.75, 3.05) is 26.7 Å². The van der Waals surface area contributed by atoms with Crippen molar-refractivity contribution in [2.45, 2.75) is 20.8 Å². The molecular formula is C13H23N3O. The first-order valence-electron chi connectivity index (χ1n) is 5.97. The average molecular weight is 237 g/mol. The van der Waals surface area contributed by atoms with Crippen LogP contribution in [0.3, 0.4) is 0 Å². The predicted octanol–water partition coefficient (Wildman–Crippen LogP) is 2.66. The highest BCUT2D eigenvalue weighted by atomic mass is 16.3. The van der Waals surface area contributed by atoms with Gasteiger partial charge in [-0.15, -0.1) is 4.91 Å². The minimum atomic E-state index is 0.453. The summed E-state index contributed by atoms with van der Waals surface area (Å²) in [4.78, 5) is 12.7. The van der Waals surface area contributed by atoms with Crippen molar-refractivity contribution in [3.63, 3.8) is 0 Å². The van der Waals surface area contributed by atoms with Gasteiger partial charge in [-0.1, -0.05) is 12.2 Å². The standard InChI is InChI=1S/C13H23N3O/c1-5-12(15-17)8-9-13(6-2)16(7-3)11-10-14-4/h5-6,8-9,14H,7,10-11H2,1-4H3/b9-8-,12-5+,13-6+. The molecule has 1 N–H and O–H groups in total. The topological polar surface area (TPSA) is 44.7 Å². The monoisotopic (exact) mass is 237 g/mol. The zero-order chi connectivity index (χ0) is 13.1. The highest BCUT2D eigenvalue weighted by molar-refractivity contribution is 5.26. The molecule has 0 amide bonds. The fourth-order valence-electron chi connectivity index (χ4n) is 1.45. The van der Waals surface area contributed by atoms with Crippen LogP contribution in [0.5, 0.6) is 0 Å². The number of nitroso groups, excluding NO2 is 1. The maximum absolute atomic E-state index is 10.4. The molecule has 0 radical (unpaired) electrons.